The zero-order valence-corrected chi connectivity index (χ0v) is 5.27. The minimum Gasteiger partial charge on any atom is -0.213 e. The van der Waals surface area contributed by atoms with Crippen LogP contribution < -0.4 is 4.13 Å². The Labute approximate surface area is 49.4 Å². The molecule has 4 heavy (non-hydrogen) atoms. The van der Waals surface area contributed by atoms with E-state index in [1.807, 2.05) is 0 Å². The molecule has 0 aromatic carbocycles. The van der Waals surface area contributed by atoms with E-state index < -0.39 is 0 Å². The van der Waals surface area contributed by atoms with Gasteiger partial charge in [0.05, 0.1) is 0 Å². The minimum absolute atomic E-state index is 0. The van der Waals surface area contributed by atoms with Gasteiger partial charge in [-0.2, -0.15) is 0 Å². The normalized spacial score (nSPS) is 4.50. The summed E-state index contributed by atoms with van der Waals surface area (Å²) in [5.74, 6) is 0. The van der Waals surface area contributed by atoms with Gasteiger partial charge < -0.3 is 0 Å². The van der Waals surface area contributed by atoms with Crippen LogP contribution in [0.25, 0.3) is 0 Å². The van der Waals surface area contributed by atoms with Gasteiger partial charge in [0.2, 0.25) is 0 Å². The van der Waals surface area contributed by atoms with E-state index in [9.17, 15) is 0 Å². The van der Waals surface area contributed by atoms with Crippen molar-refractivity contribution in [3.05, 3.63) is 0 Å². The molecule has 0 spiro atoms. The zero-order valence-electron chi connectivity index (χ0n) is 1.75. The summed E-state index contributed by atoms with van der Waals surface area (Å²) >= 11 is 6.81. The predicted molar refractivity (Wildman–Crippen MR) is 21.1 cm³/mol. The molecule has 4 heteroatoms. The van der Waals surface area contributed by atoms with Crippen molar-refractivity contribution >= 4 is 25.6 Å². The summed E-state index contributed by atoms with van der Waals surface area (Å²) in [5, 5.41) is 0. The summed E-state index contributed by atoms with van der Waals surface area (Å²) in [6, 6.07) is 0. The molecule has 0 aliphatic heterocycles. The largest absolute Gasteiger partial charge is 0.213 e. The Hall–Kier alpha value is 1.28. The summed E-state index contributed by atoms with van der Waals surface area (Å²) in [7, 11) is 0. The standard InChI is InChI=1S/H3NS2.Ru/c2-1-3;/h1-3H;. The van der Waals surface area contributed by atoms with Crippen molar-refractivity contribution in [2.45, 2.75) is 0 Å². The summed E-state index contributed by atoms with van der Waals surface area (Å²) in [6.07, 6.45) is 0. The first-order valence-corrected chi connectivity index (χ1v) is 1.34. The van der Waals surface area contributed by atoms with E-state index in [4.69, 9.17) is 0 Å². The molecule has 0 amide bonds. The van der Waals surface area contributed by atoms with Gasteiger partial charge in [-0.1, -0.05) is 25.6 Å². The molecule has 28 valence electrons. The summed E-state index contributed by atoms with van der Waals surface area (Å²) < 4.78 is 2.14. The molecular weight excluding hydrogens is 179 g/mol. The first-order chi connectivity index (χ1) is 1.41. The van der Waals surface area contributed by atoms with Crippen LogP contribution in [0.15, 0.2) is 0 Å². The molecule has 0 atom stereocenters. The molecule has 0 aliphatic rings. The average Bonchev–Trinajstić information content (AvgIpc) is 0.918. The molecule has 0 radical (unpaired) electrons. The fourth-order valence-electron chi connectivity index (χ4n) is 0. The third-order valence-electron chi connectivity index (χ3n) is 0. The van der Waals surface area contributed by atoms with Crippen molar-refractivity contribution in [2.24, 2.45) is 0 Å². The van der Waals surface area contributed by atoms with Crippen LogP contribution in [0, 0.1) is 0 Å². The van der Waals surface area contributed by atoms with Gasteiger partial charge in [-0.3, -0.25) is 0 Å². The Kier molecular flexibility index (Phi) is 19.9. The van der Waals surface area contributed by atoms with Gasteiger partial charge in [0.15, 0.2) is 0 Å². The van der Waals surface area contributed by atoms with Crippen LogP contribution in [-0.4, -0.2) is 0 Å². The average molecular weight is 182 g/mol. The van der Waals surface area contributed by atoms with Gasteiger partial charge in [0.25, 0.3) is 0 Å². The molecule has 1 N–H and O–H groups in total. The Morgan fingerprint density at radius 1 is 1.25 bits per heavy atom. The fourth-order valence-corrected chi connectivity index (χ4v) is 0. The molecule has 0 rings (SSSR count). The molecular formula is H3NRuS2. The van der Waals surface area contributed by atoms with Crippen LogP contribution in [0.4, 0.5) is 0 Å². The topological polar surface area (TPSA) is 12.0 Å². The molecule has 0 bridgehead atoms. The Morgan fingerprint density at radius 2 is 1.25 bits per heavy atom. The number of rotatable bonds is 0. The Bertz CT molecular complexity index is 6.00. The van der Waals surface area contributed by atoms with E-state index >= 15 is 0 Å². The second-order valence-electron chi connectivity index (χ2n) is 0.100. The predicted octanol–water partition coefficient (Wildman–Crippen LogP) is 0.263. The molecule has 0 saturated heterocycles. The van der Waals surface area contributed by atoms with E-state index in [0.717, 1.165) is 0 Å². The van der Waals surface area contributed by atoms with Crippen LogP contribution in [0.1, 0.15) is 0 Å². The van der Waals surface area contributed by atoms with Crippen molar-refractivity contribution < 1.29 is 19.5 Å². The molecule has 1 nitrogen and oxygen atoms in total. The second kappa shape index (κ2) is 8.86. The van der Waals surface area contributed by atoms with Crippen LogP contribution >= 0.6 is 25.6 Å². The maximum Gasteiger partial charge on any atom is 0 e. The van der Waals surface area contributed by atoms with Gasteiger partial charge in [-0.25, -0.2) is 4.13 Å². The molecule has 0 aromatic heterocycles. The number of hydrogen-bond acceptors (Lipinski definition) is 3. The van der Waals surface area contributed by atoms with Crippen LogP contribution in [0.2, 0.25) is 0 Å². The van der Waals surface area contributed by atoms with Crippen molar-refractivity contribution in [1.29, 1.82) is 0 Å². The van der Waals surface area contributed by atoms with Gasteiger partial charge in [-0.15, -0.1) is 0 Å². The van der Waals surface area contributed by atoms with E-state index in [0.29, 0.717) is 0 Å². The van der Waals surface area contributed by atoms with E-state index in [1.165, 1.54) is 0 Å². The van der Waals surface area contributed by atoms with Gasteiger partial charge in [0, 0.05) is 19.5 Å². The molecule has 0 unspecified atom stereocenters. The van der Waals surface area contributed by atoms with E-state index in [1.54, 1.807) is 0 Å². The number of thiol groups is 2. The summed E-state index contributed by atoms with van der Waals surface area (Å²) in [5.41, 5.74) is 0. The smallest absolute Gasteiger partial charge is 0 e. The quantitative estimate of drug-likeness (QED) is 0.361. The second-order valence-corrected chi connectivity index (χ2v) is 0.900. The fraction of sp³-hybridized carbons (Fsp3) is 0. The molecule has 0 saturated carbocycles. The maximum atomic E-state index is 3.40. The van der Waals surface area contributed by atoms with Crippen LogP contribution in [-0.2, 0) is 19.5 Å². The Balaban J connectivity index is 0. The van der Waals surface area contributed by atoms with Crippen molar-refractivity contribution in [3.63, 3.8) is 0 Å². The van der Waals surface area contributed by atoms with Crippen LogP contribution in [0.5, 0.6) is 0 Å². The zero-order chi connectivity index (χ0) is 2.71. The minimum atomic E-state index is 0. The number of nitrogens with one attached hydrogen (secondary N) is 1. The SMILES string of the molecule is SNS.[Ru]. The third-order valence-corrected chi connectivity index (χ3v) is 0. The molecule has 0 aliphatic carbocycles. The van der Waals surface area contributed by atoms with Crippen LogP contribution in [0.3, 0.4) is 0 Å². The monoisotopic (exact) mass is 183 g/mol. The van der Waals surface area contributed by atoms with Crippen molar-refractivity contribution in [2.75, 3.05) is 0 Å². The van der Waals surface area contributed by atoms with Crippen molar-refractivity contribution in [1.82, 2.24) is 4.13 Å². The van der Waals surface area contributed by atoms with E-state index in [2.05, 4.69) is 29.8 Å². The van der Waals surface area contributed by atoms with E-state index in [-0.39, 0.29) is 19.5 Å². The maximum absolute atomic E-state index is 3.40. The molecule has 0 fully saturated rings. The first-order valence-electron chi connectivity index (χ1n) is 0.447. The van der Waals surface area contributed by atoms with Crippen molar-refractivity contribution in [3.8, 4) is 0 Å². The number of hydrogen-bond donors (Lipinski definition) is 3. The first kappa shape index (κ1) is 8.99. The van der Waals surface area contributed by atoms with Gasteiger partial charge >= 0.3 is 0 Å². The third kappa shape index (κ3) is 10.4. The molecule has 0 aromatic rings. The van der Waals surface area contributed by atoms with Gasteiger partial charge in [-0.05, 0) is 0 Å². The van der Waals surface area contributed by atoms with Gasteiger partial charge in [0.1, 0.15) is 0 Å². The molecule has 0 heterocycles. The summed E-state index contributed by atoms with van der Waals surface area (Å²) in [4.78, 5) is 0. The Morgan fingerprint density at radius 3 is 1.25 bits per heavy atom. The summed E-state index contributed by atoms with van der Waals surface area (Å²) in [6.45, 7) is 0.